The van der Waals surface area contributed by atoms with Crippen molar-refractivity contribution in [3.8, 4) is 0 Å². The molecule has 0 heterocycles. The van der Waals surface area contributed by atoms with Crippen molar-refractivity contribution in [3.63, 3.8) is 0 Å². The number of alkyl halides is 16. The molecule has 18 heteroatoms. The number of carbonyl (C=O) groups excluding carboxylic acids is 1. The van der Waals surface area contributed by atoms with Gasteiger partial charge >= 0.3 is 53.9 Å². The molecule has 1 fully saturated rings. The van der Waals surface area contributed by atoms with Gasteiger partial charge in [-0.2, -0.15) is 61.5 Å². The molecule has 0 N–H and O–H groups in total. The molecule has 1 aliphatic carbocycles. The molecule has 39 heavy (non-hydrogen) atoms. The number of ether oxygens (including phenoxy) is 1. The highest BCUT2D eigenvalue weighted by Crippen LogP contribution is 2.62. The Bertz CT molecular complexity index is 819. The van der Waals surface area contributed by atoms with Crippen molar-refractivity contribution in [1.29, 1.82) is 0 Å². The van der Waals surface area contributed by atoms with Crippen LogP contribution in [-0.2, 0) is 9.53 Å². The molecular weight excluding hydrogens is 588 g/mol. The molecule has 0 amide bonds. The van der Waals surface area contributed by atoms with Gasteiger partial charge in [0.25, 0.3) is 0 Å². The van der Waals surface area contributed by atoms with Crippen LogP contribution in [0.3, 0.4) is 0 Å². The van der Waals surface area contributed by atoms with Gasteiger partial charge in [-0.05, 0) is 24.7 Å². The Morgan fingerprint density at radius 1 is 0.692 bits per heavy atom. The third-order valence-corrected chi connectivity index (χ3v) is 6.53. The van der Waals surface area contributed by atoms with E-state index in [0.29, 0.717) is 31.6 Å². The van der Waals surface area contributed by atoms with E-state index in [2.05, 4.69) is 4.74 Å². The van der Waals surface area contributed by atoms with Gasteiger partial charge in [0.05, 0.1) is 0 Å². The first kappa shape index (κ1) is 35.4. The molecule has 1 rings (SSSR count). The summed E-state index contributed by atoms with van der Waals surface area (Å²) in [5, 5.41) is 0. The van der Waals surface area contributed by atoms with E-state index in [0.717, 1.165) is 19.3 Å². The van der Waals surface area contributed by atoms with Crippen LogP contribution >= 0.6 is 0 Å². The van der Waals surface area contributed by atoms with Gasteiger partial charge < -0.3 is 4.74 Å². The average Bonchev–Trinajstić information content (AvgIpc) is 2.81. The van der Waals surface area contributed by atoms with Crippen molar-refractivity contribution in [2.24, 2.45) is 11.8 Å². The Labute approximate surface area is 211 Å². The van der Waals surface area contributed by atoms with E-state index in [-0.39, 0.29) is 0 Å². The third kappa shape index (κ3) is 6.32. The van der Waals surface area contributed by atoms with Crippen LogP contribution in [0.5, 0.6) is 0 Å². The lowest BCUT2D eigenvalue weighted by Crippen LogP contribution is -2.74. The van der Waals surface area contributed by atoms with Gasteiger partial charge in [0.1, 0.15) is 0 Å². The number of unbranched alkanes of at least 4 members (excludes halogenated alkanes) is 1. The van der Waals surface area contributed by atoms with Gasteiger partial charge in [-0.25, -0.2) is 8.78 Å². The molecule has 0 spiro atoms. The van der Waals surface area contributed by atoms with Crippen molar-refractivity contribution in [3.05, 3.63) is 0 Å². The van der Waals surface area contributed by atoms with Crippen LogP contribution in [0.25, 0.3) is 0 Å². The second kappa shape index (κ2) is 11.7. The minimum absolute atomic E-state index is 0.301. The summed E-state index contributed by atoms with van der Waals surface area (Å²) in [7, 11) is 0. The van der Waals surface area contributed by atoms with Crippen LogP contribution in [0, 0.1) is 11.8 Å². The summed E-state index contributed by atoms with van der Waals surface area (Å²) in [5.74, 6) is -57.1. The fraction of sp³-hybridized carbons (Fsp3) is 0.952. The minimum Gasteiger partial charge on any atom is -0.459 e. The molecule has 2 nitrogen and oxygen atoms in total. The quantitative estimate of drug-likeness (QED) is 0.145. The van der Waals surface area contributed by atoms with E-state index in [1.54, 1.807) is 0 Å². The van der Waals surface area contributed by atoms with Gasteiger partial charge in [-0.1, -0.05) is 39.0 Å². The van der Waals surface area contributed by atoms with Gasteiger partial charge in [-0.3, -0.25) is 4.79 Å². The van der Waals surface area contributed by atoms with Crippen molar-refractivity contribution in [2.75, 3.05) is 6.61 Å². The van der Waals surface area contributed by atoms with Gasteiger partial charge in [0.15, 0.2) is 6.61 Å². The SMILES string of the molecule is CCCCC1CCC(CC(=O)OCC(F)(F)C(F)(F)C(F)(F)C(F)(F)C(F)(F)C(F)(F)C(F)(F)C(F)F)CC1. The topological polar surface area (TPSA) is 26.3 Å². The molecule has 0 bridgehead atoms. The highest BCUT2D eigenvalue weighted by Gasteiger charge is 2.93. The maximum atomic E-state index is 13.8. The zero-order valence-electron chi connectivity index (χ0n) is 20.0. The molecule has 0 aliphatic heterocycles. The van der Waals surface area contributed by atoms with Crippen molar-refractivity contribution in [2.45, 2.75) is 106 Å². The maximum absolute atomic E-state index is 13.8. The van der Waals surface area contributed by atoms with Crippen LogP contribution in [0.1, 0.15) is 58.3 Å². The van der Waals surface area contributed by atoms with Crippen LogP contribution < -0.4 is 0 Å². The molecule has 0 aromatic rings. The van der Waals surface area contributed by atoms with Crippen LogP contribution in [0.4, 0.5) is 70.2 Å². The summed E-state index contributed by atoms with van der Waals surface area (Å²) >= 11 is 0. The molecular formula is C21H24F16O2. The molecule has 0 unspecified atom stereocenters. The Balaban J connectivity index is 3.04. The Kier molecular flexibility index (Phi) is 10.6. The minimum atomic E-state index is -8.46. The first-order chi connectivity index (χ1) is 17.3. The number of hydrogen-bond acceptors (Lipinski definition) is 2. The fourth-order valence-corrected chi connectivity index (χ4v) is 3.94. The van der Waals surface area contributed by atoms with E-state index in [1.807, 2.05) is 6.92 Å². The number of hydrogen-bond donors (Lipinski definition) is 0. The summed E-state index contributed by atoms with van der Waals surface area (Å²) < 4.78 is 217. The predicted molar refractivity (Wildman–Crippen MR) is 101 cm³/mol. The highest BCUT2D eigenvalue weighted by atomic mass is 19.4. The second-order valence-corrected chi connectivity index (χ2v) is 9.39. The van der Waals surface area contributed by atoms with E-state index < -0.39 is 72.8 Å². The van der Waals surface area contributed by atoms with Crippen molar-refractivity contribution in [1.82, 2.24) is 0 Å². The van der Waals surface area contributed by atoms with Crippen LogP contribution in [0.15, 0.2) is 0 Å². The second-order valence-electron chi connectivity index (χ2n) is 9.39. The van der Waals surface area contributed by atoms with Gasteiger partial charge in [0.2, 0.25) is 0 Å². The molecule has 1 aliphatic rings. The van der Waals surface area contributed by atoms with Crippen molar-refractivity contribution >= 4 is 5.97 Å². The molecule has 1 saturated carbocycles. The zero-order chi connectivity index (χ0) is 30.9. The van der Waals surface area contributed by atoms with E-state index >= 15 is 0 Å². The van der Waals surface area contributed by atoms with Gasteiger partial charge in [-0.15, -0.1) is 0 Å². The lowest BCUT2D eigenvalue weighted by molar-refractivity contribution is -0.447. The monoisotopic (exact) mass is 612 g/mol. The Morgan fingerprint density at radius 2 is 1.10 bits per heavy atom. The predicted octanol–water partition coefficient (Wildman–Crippen LogP) is 8.63. The van der Waals surface area contributed by atoms with Gasteiger partial charge in [0, 0.05) is 6.42 Å². The highest BCUT2D eigenvalue weighted by molar-refractivity contribution is 5.69. The summed E-state index contributed by atoms with van der Waals surface area (Å²) in [4.78, 5) is 11.7. The third-order valence-electron chi connectivity index (χ3n) is 6.53. The molecule has 0 aromatic heterocycles. The lowest BCUT2D eigenvalue weighted by Gasteiger charge is -2.42. The summed E-state index contributed by atoms with van der Waals surface area (Å²) in [6.07, 6.45) is -1.93. The van der Waals surface area contributed by atoms with Crippen LogP contribution in [-0.4, -0.2) is 60.5 Å². The zero-order valence-corrected chi connectivity index (χ0v) is 20.0. The molecule has 0 atom stereocenters. The summed E-state index contributed by atoms with van der Waals surface area (Å²) in [6.45, 7) is -1.17. The first-order valence-corrected chi connectivity index (χ1v) is 11.4. The van der Waals surface area contributed by atoms with E-state index in [4.69, 9.17) is 0 Å². The maximum Gasteiger partial charge on any atom is 0.385 e. The molecule has 232 valence electrons. The Morgan fingerprint density at radius 3 is 1.54 bits per heavy atom. The largest absolute Gasteiger partial charge is 0.459 e. The standard InChI is InChI=1S/C21H24F16O2/c1-2-3-4-11-5-7-12(8-6-11)9-13(38)39-10-15(24,25)17(28,29)19(32,33)21(36,37)20(34,35)18(30,31)16(26,27)14(22)23/h11-12,14H,2-10H2,1H3. The Hall–Kier alpha value is -1.65. The van der Waals surface area contributed by atoms with E-state index in [1.165, 1.54) is 0 Å². The van der Waals surface area contributed by atoms with E-state index in [9.17, 15) is 75.0 Å². The number of halogens is 16. The number of esters is 1. The summed E-state index contributed by atoms with van der Waals surface area (Å²) in [5.41, 5.74) is 0. The van der Waals surface area contributed by atoms with Crippen molar-refractivity contribution < 1.29 is 79.8 Å². The molecule has 0 radical (unpaired) electrons. The molecule has 0 saturated heterocycles. The fourth-order valence-electron chi connectivity index (χ4n) is 3.94. The number of carbonyl (C=O) groups is 1. The lowest BCUT2D eigenvalue weighted by atomic mass is 9.78. The smallest absolute Gasteiger partial charge is 0.385 e. The molecule has 0 aromatic carbocycles. The number of rotatable bonds is 14. The summed E-state index contributed by atoms with van der Waals surface area (Å²) in [6, 6.07) is 0. The first-order valence-electron chi connectivity index (χ1n) is 11.4. The van der Waals surface area contributed by atoms with Crippen LogP contribution in [0.2, 0.25) is 0 Å². The normalized spacial score (nSPS) is 20.9. The average molecular weight is 612 g/mol.